The van der Waals surface area contributed by atoms with Gasteiger partial charge >= 0.3 is 12.1 Å². The molecule has 0 aliphatic rings. The lowest BCUT2D eigenvalue weighted by molar-refractivity contribution is -0.138. The number of halogens is 3. The summed E-state index contributed by atoms with van der Waals surface area (Å²) in [7, 11) is 0. The van der Waals surface area contributed by atoms with Crippen LogP contribution >= 0.6 is 0 Å². The highest BCUT2D eigenvalue weighted by Crippen LogP contribution is 2.35. The minimum atomic E-state index is -4.54. The summed E-state index contributed by atoms with van der Waals surface area (Å²) in [6.07, 6.45) is 0.600. The zero-order valence-electron chi connectivity index (χ0n) is 18.6. The van der Waals surface area contributed by atoms with Crippen LogP contribution in [0.2, 0.25) is 0 Å². The Balaban J connectivity index is 1.63. The van der Waals surface area contributed by atoms with E-state index in [0.29, 0.717) is 30.8 Å². The summed E-state index contributed by atoms with van der Waals surface area (Å²) in [5.74, 6) is -0.154. The first-order valence-corrected chi connectivity index (χ1v) is 10.6. The minimum Gasteiger partial charge on any atom is -0.493 e. The Labute approximate surface area is 195 Å². The van der Waals surface area contributed by atoms with E-state index in [0.717, 1.165) is 23.4 Å². The number of aliphatic carboxylic acids is 1. The van der Waals surface area contributed by atoms with Crippen LogP contribution in [0.3, 0.4) is 0 Å². The van der Waals surface area contributed by atoms with E-state index >= 15 is 0 Å². The predicted molar refractivity (Wildman–Crippen MR) is 117 cm³/mol. The first-order chi connectivity index (χ1) is 16.1. The lowest BCUT2D eigenvalue weighted by Crippen LogP contribution is -2.17. The van der Waals surface area contributed by atoms with Gasteiger partial charge in [-0.3, -0.25) is 9.78 Å². The van der Waals surface area contributed by atoms with Crippen LogP contribution in [0.15, 0.2) is 42.7 Å². The Bertz CT molecular complexity index is 1120. The largest absolute Gasteiger partial charge is 0.493 e. The van der Waals surface area contributed by atoms with Crippen molar-refractivity contribution in [2.24, 2.45) is 0 Å². The van der Waals surface area contributed by atoms with Gasteiger partial charge in [0.1, 0.15) is 11.9 Å². The Kier molecular flexibility index (Phi) is 8.09. The molecule has 0 saturated carbocycles. The third-order valence-electron chi connectivity index (χ3n) is 5.08. The average molecular weight is 472 g/mol. The van der Waals surface area contributed by atoms with Gasteiger partial charge in [-0.2, -0.15) is 13.2 Å². The Morgan fingerprint density at radius 2 is 2.03 bits per heavy atom. The molecule has 2 aromatic heterocycles. The number of alkyl halides is 3. The van der Waals surface area contributed by atoms with Crippen LogP contribution in [0.4, 0.5) is 13.2 Å². The maximum absolute atomic E-state index is 13.2. The number of carboxylic acids is 1. The van der Waals surface area contributed by atoms with Crippen LogP contribution in [0.1, 0.15) is 36.5 Å². The van der Waals surface area contributed by atoms with Crippen molar-refractivity contribution in [3.05, 3.63) is 71.7 Å². The van der Waals surface area contributed by atoms with Crippen LogP contribution in [-0.4, -0.2) is 33.8 Å². The summed E-state index contributed by atoms with van der Waals surface area (Å²) in [6, 6.07) is 10.5. The molecule has 0 amide bonds. The molecule has 0 fully saturated rings. The van der Waals surface area contributed by atoms with E-state index in [4.69, 9.17) is 14.6 Å². The van der Waals surface area contributed by atoms with Gasteiger partial charge in [0.05, 0.1) is 18.4 Å². The van der Waals surface area contributed by atoms with Crippen molar-refractivity contribution in [3.63, 3.8) is 0 Å². The second kappa shape index (κ2) is 11.0. The Morgan fingerprint density at radius 3 is 2.68 bits per heavy atom. The highest BCUT2D eigenvalue weighted by atomic mass is 19.4. The molecule has 0 aliphatic carbocycles. The second-order valence-corrected chi connectivity index (χ2v) is 7.74. The quantitative estimate of drug-likeness (QED) is 0.430. The fourth-order valence-electron chi connectivity index (χ4n) is 3.21. The molecule has 2 heterocycles. The van der Waals surface area contributed by atoms with Crippen LogP contribution in [-0.2, 0) is 17.4 Å². The molecule has 0 bridgehead atoms. The van der Waals surface area contributed by atoms with Crippen LogP contribution in [0, 0.1) is 19.2 Å². The fourth-order valence-corrected chi connectivity index (χ4v) is 3.21. The number of benzene rings is 1. The molecular weight excluding hydrogens is 449 g/mol. The van der Waals surface area contributed by atoms with Gasteiger partial charge in [0.25, 0.3) is 0 Å². The zero-order chi connectivity index (χ0) is 24.7. The molecule has 1 aromatic carbocycles. The van der Waals surface area contributed by atoms with Crippen molar-refractivity contribution in [1.82, 2.24) is 9.97 Å². The minimum absolute atomic E-state index is 0.0560. The number of hydrogen-bond donors (Lipinski definition) is 1. The second-order valence-electron chi connectivity index (χ2n) is 7.74. The van der Waals surface area contributed by atoms with E-state index in [2.05, 4.69) is 22.2 Å². The monoisotopic (exact) mass is 472 g/mol. The van der Waals surface area contributed by atoms with E-state index in [-0.39, 0.29) is 17.9 Å². The number of aromatic nitrogens is 2. The molecule has 1 atom stereocenters. The molecule has 3 aromatic rings. The van der Waals surface area contributed by atoms with Gasteiger partial charge in [0.2, 0.25) is 5.88 Å². The average Bonchev–Trinajstić information content (AvgIpc) is 2.78. The van der Waals surface area contributed by atoms with Gasteiger partial charge in [-0.25, -0.2) is 4.98 Å². The lowest BCUT2D eigenvalue weighted by Gasteiger charge is -2.18. The molecule has 1 N–H and O–H groups in total. The zero-order valence-corrected chi connectivity index (χ0v) is 18.6. The first kappa shape index (κ1) is 25.0. The van der Waals surface area contributed by atoms with Gasteiger partial charge in [-0.15, -0.1) is 0 Å². The van der Waals surface area contributed by atoms with Crippen molar-refractivity contribution >= 4 is 5.97 Å². The van der Waals surface area contributed by atoms with Crippen molar-refractivity contribution in [2.75, 3.05) is 6.61 Å². The molecule has 34 heavy (non-hydrogen) atoms. The number of carboxylic acid groups (broad SMARTS) is 1. The fraction of sp³-hybridized carbons (Fsp3) is 0.320. The number of ether oxygens (including phenoxy) is 2. The molecular formula is C25H23F3N2O4. The van der Waals surface area contributed by atoms with Gasteiger partial charge in [0.15, 0.2) is 0 Å². The Hall–Kier alpha value is -3.62. The van der Waals surface area contributed by atoms with E-state index in [1.165, 1.54) is 12.3 Å². The van der Waals surface area contributed by atoms with Crippen molar-refractivity contribution in [1.29, 1.82) is 0 Å². The normalized spacial score (nSPS) is 12.3. The summed E-state index contributed by atoms with van der Waals surface area (Å²) >= 11 is 0. The van der Waals surface area contributed by atoms with E-state index in [1.54, 1.807) is 13.0 Å². The molecule has 6 nitrogen and oxygen atoms in total. The molecule has 2 radical (unpaired) electrons. The lowest BCUT2D eigenvalue weighted by atomic mass is 10.0. The maximum Gasteiger partial charge on any atom is 0.417 e. The van der Waals surface area contributed by atoms with Crippen LogP contribution in [0.25, 0.3) is 11.1 Å². The Morgan fingerprint density at radius 1 is 1.24 bits per heavy atom. The topological polar surface area (TPSA) is 81.5 Å². The third kappa shape index (κ3) is 6.94. The molecule has 3 rings (SSSR count). The van der Waals surface area contributed by atoms with Crippen molar-refractivity contribution in [3.8, 4) is 22.8 Å². The molecule has 178 valence electrons. The number of aryl methyl sites for hydroxylation is 2. The molecule has 0 saturated heterocycles. The summed E-state index contributed by atoms with van der Waals surface area (Å²) < 4.78 is 51.2. The summed E-state index contributed by atoms with van der Waals surface area (Å²) in [4.78, 5) is 18.4. The molecule has 0 aliphatic heterocycles. The SMILES string of the molecule is Cc1cc(OCC[C@@H](C)Oc2ncc(C(F)(F)F)cc2-c2c[c][c]nc2)ccc1CCC(=O)O. The van der Waals surface area contributed by atoms with E-state index in [1.807, 2.05) is 19.1 Å². The molecule has 0 unspecified atom stereocenters. The molecule has 0 spiro atoms. The standard InChI is InChI=1S/C25H23F3N2O4/c1-16-12-21(7-5-18(16)6-8-23(31)32)33-11-9-17(2)34-24-22(19-4-3-10-29-14-19)13-20(15-30-24)25(26,27)28/h4-5,7,12-15,17H,6,8-9,11H2,1-2H3,(H,31,32)/t17-/m1/s1. The summed E-state index contributed by atoms with van der Waals surface area (Å²) in [5, 5.41) is 8.83. The highest BCUT2D eigenvalue weighted by molar-refractivity contribution is 5.68. The van der Waals surface area contributed by atoms with Crippen molar-refractivity contribution in [2.45, 2.75) is 45.4 Å². The number of hydrogen-bond acceptors (Lipinski definition) is 5. The predicted octanol–water partition coefficient (Wildman–Crippen LogP) is 5.32. The van der Waals surface area contributed by atoms with E-state index in [9.17, 15) is 18.0 Å². The summed E-state index contributed by atoms with van der Waals surface area (Å²) in [5.41, 5.74) is 1.53. The van der Waals surface area contributed by atoms with Gasteiger partial charge in [-0.05, 0) is 55.7 Å². The third-order valence-corrected chi connectivity index (χ3v) is 5.08. The summed E-state index contributed by atoms with van der Waals surface area (Å²) in [6.45, 7) is 3.97. The van der Waals surface area contributed by atoms with Crippen LogP contribution in [0.5, 0.6) is 11.6 Å². The van der Waals surface area contributed by atoms with Crippen molar-refractivity contribution < 1.29 is 32.5 Å². The van der Waals surface area contributed by atoms with E-state index < -0.39 is 23.8 Å². The van der Waals surface area contributed by atoms with Gasteiger partial charge < -0.3 is 14.6 Å². The first-order valence-electron chi connectivity index (χ1n) is 10.6. The number of rotatable bonds is 10. The maximum atomic E-state index is 13.2. The number of carbonyl (C=O) groups is 1. The number of nitrogens with zero attached hydrogens (tertiary/aromatic N) is 2. The smallest absolute Gasteiger partial charge is 0.417 e. The van der Waals surface area contributed by atoms with Gasteiger partial charge in [-0.1, -0.05) is 6.07 Å². The molecule has 9 heteroatoms. The highest BCUT2D eigenvalue weighted by Gasteiger charge is 2.32. The number of pyridine rings is 2. The van der Waals surface area contributed by atoms with Gasteiger partial charge in [0, 0.05) is 42.4 Å². The van der Waals surface area contributed by atoms with Crippen LogP contribution < -0.4 is 9.47 Å².